The summed E-state index contributed by atoms with van der Waals surface area (Å²) in [6, 6.07) is 15.2. The van der Waals surface area contributed by atoms with Gasteiger partial charge in [-0.1, -0.05) is 24.3 Å². The minimum absolute atomic E-state index is 0.0215. The molecule has 0 bridgehead atoms. The molecular weight excluding hydrogens is 965 g/mol. The number of anilines is 1. The summed E-state index contributed by atoms with van der Waals surface area (Å²) in [5, 5.41) is 38.7. The molecule has 2 aromatic carbocycles. The molecule has 0 aromatic heterocycles. The van der Waals surface area contributed by atoms with Gasteiger partial charge in [0.15, 0.2) is 6.10 Å². The van der Waals surface area contributed by atoms with E-state index in [4.69, 9.17) is 37.9 Å². The number of hydrogen-bond donors (Lipinski definition) is 0. The largest absolute Gasteiger partial charge is 0.508 e. The van der Waals surface area contributed by atoms with Gasteiger partial charge < -0.3 is 67.0 Å². The Morgan fingerprint density at radius 2 is 1.36 bits per heavy atom. The number of fused-ring (bicyclic) bond motifs is 1. The average molecular weight is 1030 g/mol. The van der Waals surface area contributed by atoms with Crippen molar-refractivity contribution < 1.29 is 87.2 Å². The lowest BCUT2D eigenvalue weighted by molar-refractivity contribution is -0.790. The van der Waals surface area contributed by atoms with Crippen LogP contribution in [-0.4, -0.2) is 153 Å². The molecule has 28 nitrogen and oxygen atoms in total. The van der Waals surface area contributed by atoms with Crippen molar-refractivity contribution in [2.24, 2.45) is 0 Å². The van der Waals surface area contributed by atoms with Crippen molar-refractivity contribution in [2.75, 3.05) is 77.8 Å². The maximum atomic E-state index is 13.8. The first kappa shape index (κ1) is 56.0. The Bertz CT molecular complexity index is 2020. The van der Waals surface area contributed by atoms with Crippen molar-refractivity contribution in [2.45, 2.75) is 120 Å². The highest BCUT2D eigenvalue weighted by molar-refractivity contribution is 5.68. The number of benzene rings is 2. The highest BCUT2D eigenvalue weighted by Gasteiger charge is 2.45. The predicted molar refractivity (Wildman–Crippen MR) is 244 cm³/mol. The number of para-hydroxylation sites is 1. The van der Waals surface area contributed by atoms with Gasteiger partial charge in [-0.05, 0) is 100 Å². The molecule has 28 heteroatoms. The van der Waals surface area contributed by atoms with Crippen LogP contribution in [0.25, 0.3) is 0 Å². The number of nitrogens with zero attached hydrogens (tertiary/aromatic N) is 6. The standard InChI is InChI=1S/C44H62N6O22/c1-61-22-9-20-45-21-25-62-39-19-14-32(26-38(39)45)29-65-40-27-46(43(51)63-23-7-5-12-36(71-49(57)58)30-66-47(53)54)28-41(42(40)69-35-17-15-34(16-18-35)68-33-10-3-2-4-11-33)70-44(52)64-24-8-6-13-37(72-50(59)60)31-67-48(55)56/h2-4,10-11,14,19,26,34-37,40-42H,5-9,12-13,15-18,20-25,27-31H2,1H3. The molecule has 3 aliphatic rings. The zero-order chi connectivity index (χ0) is 51.7. The third-order valence-corrected chi connectivity index (χ3v) is 11.8. The highest BCUT2D eigenvalue weighted by Crippen LogP contribution is 2.34. The maximum absolute atomic E-state index is 13.8. The van der Waals surface area contributed by atoms with Crippen LogP contribution in [0.5, 0.6) is 11.5 Å². The molecular formula is C44H62N6O22. The van der Waals surface area contributed by atoms with Crippen LogP contribution in [0, 0.1) is 40.5 Å². The lowest BCUT2D eigenvalue weighted by atomic mass is 9.93. The lowest BCUT2D eigenvalue weighted by Crippen LogP contribution is -2.60. The van der Waals surface area contributed by atoms with Crippen molar-refractivity contribution in [3.63, 3.8) is 0 Å². The molecule has 2 aliphatic heterocycles. The Labute approximate surface area is 413 Å². The minimum Gasteiger partial charge on any atom is -0.490 e. The Kier molecular flexibility index (Phi) is 23.4. The first-order chi connectivity index (χ1) is 34.8. The molecule has 1 saturated heterocycles. The highest BCUT2D eigenvalue weighted by atomic mass is 17.0. The third-order valence-electron chi connectivity index (χ3n) is 11.8. The van der Waals surface area contributed by atoms with Crippen LogP contribution in [-0.2, 0) is 54.4 Å². The summed E-state index contributed by atoms with van der Waals surface area (Å²) in [5.41, 5.74) is 1.66. The Morgan fingerprint density at radius 3 is 1.99 bits per heavy atom. The summed E-state index contributed by atoms with van der Waals surface area (Å²) >= 11 is 0. The minimum atomic E-state index is -1.25. The fraction of sp³-hybridized carbons (Fsp3) is 0.682. The first-order valence-corrected chi connectivity index (χ1v) is 23.7. The van der Waals surface area contributed by atoms with E-state index in [1.54, 1.807) is 7.11 Å². The number of carbonyl (C=O) groups excluding carboxylic acids is 2. The molecule has 0 N–H and O–H groups in total. The number of likely N-dealkylation sites (tertiary alicyclic amines) is 1. The van der Waals surface area contributed by atoms with Gasteiger partial charge in [0.1, 0.15) is 55.7 Å². The molecule has 0 spiro atoms. The number of methoxy groups -OCH3 is 1. The van der Waals surface area contributed by atoms with E-state index < -0.39 is 76.3 Å². The molecule has 1 aliphatic carbocycles. The maximum Gasteiger partial charge on any atom is 0.508 e. The van der Waals surface area contributed by atoms with Gasteiger partial charge >= 0.3 is 12.2 Å². The van der Waals surface area contributed by atoms with Gasteiger partial charge in [0.05, 0.1) is 57.4 Å². The normalized spacial score (nSPS) is 20.3. The second-order valence-electron chi connectivity index (χ2n) is 17.0. The molecule has 0 radical (unpaired) electrons. The number of amides is 1. The van der Waals surface area contributed by atoms with E-state index in [1.807, 2.05) is 48.5 Å². The Hall–Kier alpha value is -6.94. The monoisotopic (exact) mass is 1030 g/mol. The zero-order valence-electron chi connectivity index (χ0n) is 39.9. The van der Waals surface area contributed by atoms with E-state index in [0.29, 0.717) is 51.2 Å². The number of unbranched alkanes of at least 4 members (excludes halogenated alkanes) is 2. The van der Waals surface area contributed by atoms with E-state index in [1.165, 1.54) is 4.90 Å². The number of carbonyl (C=O) groups is 2. The van der Waals surface area contributed by atoms with Gasteiger partial charge in [-0.15, -0.1) is 40.5 Å². The van der Waals surface area contributed by atoms with Crippen LogP contribution in [0.2, 0.25) is 0 Å². The van der Waals surface area contributed by atoms with E-state index in [9.17, 15) is 50.0 Å². The summed E-state index contributed by atoms with van der Waals surface area (Å²) in [5.74, 6) is 1.46. The van der Waals surface area contributed by atoms with Gasteiger partial charge in [0.2, 0.25) is 0 Å². The quantitative estimate of drug-likeness (QED) is 0.0379. The zero-order valence-corrected chi connectivity index (χ0v) is 39.9. The summed E-state index contributed by atoms with van der Waals surface area (Å²) in [6.45, 7) is 0.537. The molecule has 1 saturated carbocycles. The predicted octanol–water partition coefficient (Wildman–Crippen LogP) is 5.47. The Morgan fingerprint density at radius 1 is 0.736 bits per heavy atom. The van der Waals surface area contributed by atoms with Crippen LogP contribution in [0.15, 0.2) is 48.5 Å². The van der Waals surface area contributed by atoms with Gasteiger partial charge in [-0.3, -0.25) is 0 Å². The topological polar surface area (TPSA) is 324 Å². The van der Waals surface area contributed by atoms with Crippen molar-refractivity contribution >= 4 is 17.9 Å². The van der Waals surface area contributed by atoms with Crippen LogP contribution < -0.4 is 14.4 Å². The number of rotatable bonds is 32. The summed E-state index contributed by atoms with van der Waals surface area (Å²) in [4.78, 5) is 91.2. The third kappa shape index (κ3) is 20.1. The summed E-state index contributed by atoms with van der Waals surface area (Å²) in [6.07, 6.45) is -3.84. The molecule has 1 amide bonds. The van der Waals surface area contributed by atoms with E-state index in [2.05, 4.69) is 24.3 Å². The van der Waals surface area contributed by atoms with Crippen LogP contribution in [0.1, 0.15) is 76.2 Å². The molecule has 2 aromatic rings. The molecule has 72 heavy (non-hydrogen) atoms. The van der Waals surface area contributed by atoms with E-state index >= 15 is 0 Å². The van der Waals surface area contributed by atoms with Gasteiger partial charge in [0.25, 0.3) is 20.3 Å². The van der Waals surface area contributed by atoms with Crippen molar-refractivity contribution in [3.05, 3.63) is 94.6 Å². The van der Waals surface area contributed by atoms with Crippen molar-refractivity contribution in [1.82, 2.24) is 4.90 Å². The summed E-state index contributed by atoms with van der Waals surface area (Å²) < 4.78 is 47.8. The first-order valence-electron chi connectivity index (χ1n) is 23.7. The molecule has 5 unspecified atom stereocenters. The van der Waals surface area contributed by atoms with Gasteiger partial charge in [-0.2, -0.15) is 0 Å². The fourth-order valence-corrected chi connectivity index (χ4v) is 8.35. The number of hydrogen-bond acceptors (Lipinski definition) is 23. The van der Waals surface area contributed by atoms with Crippen LogP contribution in [0.4, 0.5) is 15.3 Å². The number of ether oxygens (including phenoxy) is 8. The van der Waals surface area contributed by atoms with Gasteiger partial charge in [-0.25, -0.2) is 9.59 Å². The molecule has 400 valence electrons. The summed E-state index contributed by atoms with van der Waals surface area (Å²) in [7, 11) is 1.65. The van der Waals surface area contributed by atoms with Crippen LogP contribution in [0.3, 0.4) is 0 Å². The Balaban J connectivity index is 1.30. The fourth-order valence-electron chi connectivity index (χ4n) is 8.35. The molecule has 2 fully saturated rings. The van der Waals surface area contributed by atoms with E-state index in [0.717, 1.165) is 30.0 Å². The van der Waals surface area contributed by atoms with E-state index in [-0.39, 0.29) is 83.6 Å². The van der Waals surface area contributed by atoms with Crippen molar-refractivity contribution in [3.8, 4) is 11.5 Å². The van der Waals surface area contributed by atoms with Gasteiger partial charge in [0, 0.05) is 20.3 Å². The van der Waals surface area contributed by atoms with Crippen LogP contribution >= 0.6 is 0 Å². The second-order valence-corrected chi connectivity index (χ2v) is 17.0. The molecule has 2 heterocycles. The van der Waals surface area contributed by atoms with Crippen molar-refractivity contribution in [1.29, 1.82) is 0 Å². The number of piperidine rings is 1. The lowest BCUT2D eigenvalue weighted by Gasteiger charge is -2.43. The average Bonchev–Trinajstić information content (AvgIpc) is 3.35. The second kappa shape index (κ2) is 30.1. The smallest absolute Gasteiger partial charge is 0.490 e. The molecule has 5 atom stereocenters. The SMILES string of the molecule is COCCCN1CCOc2ccc(COC3CN(C(=O)OCCCCC(CO[N+](=O)[O-])O[N+](=O)[O-])CC(OC(=O)OCCCCC(CO[N+](=O)[O-])O[N+](=O)[O-])C3OC3CCC(Oc4ccccc4)CC3)cc21. The molecule has 5 rings (SSSR count).